The molecule has 6 heteroatoms. The van der Waals surface area contributed by atoms with Crippen molar-refractivity contribution in [3.63, 3.8) is 0 Å². The Morgan fingerprint density at radius 2 is 2.41 bits per heavy atom. The van der Waals surface area contributed by atoms with Crippen molar-refractivity contribution in [3.8, 4) is 0 Å². The van der Waals surface area contributed by atoms with E-state index in [-0.39, 0.29) is 5.54 Å². The van der Waals surface area contributed by atoms with Gasteiger partial charge in [-0.3, -0.25) is 10.4 Å². The molecule has 0 radical (unpaired) electrons. The van der Waals surface area contributed by atoms with Gasteiger partial charge in [-0.2, -0.15) is 0 Å². The lowest BCUT2D eigenvalue weighted by Crippen LogP contribution is -2.56. The summed E-state index contributed by atoms with van der Waals surface area (Å²) in [6.45, 7) is 5.05. The lowest BCUT2D eigenvalue weighted by atomic mass is 9.95. The zero-order valence-electron chi connectivity index (χ0n) is 10.8. The molecule has 1 atom stereocenters. The Kier molecular flexibility index (Phi) is 6.25. The lowest BCUT2D eigenvalue weighted by molar-refractivity contribution is 0.0367. The van der Waals surface area contributed by atoms with Crippen LogP contribution in [0.1, 0.15) is 26.2 Å². The van der Waals surface area contributed by atoms with Gasteiger partial charge in [-0.15, -0.1) is 0 Å². The van der Waals surface area contributed by atoms with E-state index in [0.717, 1.165) is 25.9 Å². The number of nitrogens with one attached hydrogen (secondary N) is 2. The summed E-state index contributed by atoms with van der Waals surface area (Å²) >= 11 is 0. The van der Waals surface area contributed by atoms with Gasteiger partial charge in [0.15, 0.2) is 0 Å². The highest BCUT2D eigenvalue weighted by Gasteiger charge is 2.28. The number of rotatable bonds is 5. The second-order valence-electron chi connectivity index (χ2n) is 4.56. The van der Waals surface area contributed by atoms with E-state index in [1.165, 1.54) is 0 Å². The smallest absolute Gasteiger partial charge is 0.206 e. The van der Waals surface area contributed by atoms with Crippen LogP contribution in [0.15, 0.2) is 4.99 Å². The van der Waals surface area contributed by atoms with Crippen molar-refractivity contribution in [2.75, 3.05) is 33.5 Å². The largest absolute Gasteiger partial charge is 0.385 e. The number of aliphatic imine (C=N–C) groups is 1. The molecule has 0 aromatic rings. The number of hydrazine groups is 1. The van der Waals surface area contributed by atoms with Crippen LogP contribution in [0.4, 0.5) is 0 Å². The molecule has 0 spiro atoms. The number of nitrogens with two attached hydrogens (primary N) is 1. The van der Waals surface area contributed by atoms with Crippen LogP contribution in [-0.2, 0) is 9.47 Å². The molecular weight excluding hydrogens is 220 g/mol. The Balaban J connectivity index is 2.38. The number of hydrogen-bond acceptors (Lipinski definition) is 4. The molecule has 6 nitrogen and oxygen atoms in total. The zero-order valence-corrected chi connectivity index (χ0v) is 10.8. The maximum absolute atomic E-state index is 5.47. The molecule has 0 saturated carbocycles. The fourth-order valence-electron chi connectivity index (χ4n) is 1.84. The average molecular weight is 244 g/mol. The van der Waals surface area contributed by atoms with Crippen molar-refractivity contribution in [3.05, 3.63) is 0 Å². The molecule has 0 amide bonds. The van der Waals surface area contributed by atoms with E-state index in [0.29, 0.717) is 25.7 Å². The van der Waals surface area contributed by atoms with Gasteiger partial charge in [0.1, 0.15) is 0 Å². The summed E-state index contributed by atoms with van der Waals surface area (Å²) in [7, 11) is 1.68. The fourth-order valence-corrected chi connectivity index (χ4v) is 1.84. The normalized spacial score (nSPS) is 25.7. The number of methoxy groups -OCH3 is 1. The molecule has 1 heterocycles. The minimum atomic E-state index is -0.0787. The molecule has 4 N–H and O–H groups in total. The van der Waals surface area contributed by atoms with Gasteiger partial charge in [0.05, 0.1) is 12.1 Å². The first-order chi connectivity index (χ1) is 8.20. The molecule has 1 aliphatic rings. The van der Waals surface area contributed by atoms with Crippen LogP contribution in [-0.4, -0.2) is 45.0 Å². The molecule has 1 aliphatic heterocycles. The van der Waals surface area contributed by atoms with Crippen molar-refractivity contribution in [1.29, 1.82) is 0 Å². The number of hydrogen-bond donors (Lipinski definition) is 3. The van der Waals surface area contributed by atoms with E-state index >= 15 is 0 Å². The Morgan fingerprint density at radius 1 is 1.59 bits per heavy atom. The van der Waals surface area contributed by atoms with E-state index in [1.807, 2.05) is 0 Å². The summed E-state index contributed by atoms with van der Waals surface area (Å²) in [5.41, 5.74) is 2.52. The molecule has 17 heavy (non-hydrogen) atoms. The third kappa shape index (κ3) is 5.34. The number of guanidine groups is 1. The molecular formula is C11H24N4O2. The summed E-state index contributed by atoms with van der Waals surface area (Å²) in [6, 6.07) is 0. The first-order valence-electron chi connectivity index (χ1n) is 6.06. The first kappa shape index (κ1) is 14.2. The Bertz CT molecular complexity index is 240. The molecule has 1 fully saturated rings. The molecule has 1 unspecified atom stereocenters. The second kappa shape index (κ2) is 7.47. The number of nitrogens with zero attached hydrogens (tertiary/aromatic N) is 1. The van der Waals surface area contributed by atoms with Crippen molar-refractivity contribution in [1.82, 2.24) is 10.7 Å². The van der Waals surface area contributed by atoms with Gasteiger partial charge in [0.25, 0.3) is 0 Å². The molecule has 100 valence electrons. The van der Waals surface area contributed by atoms with Crippen LogP contribution in [0.3, 0.4) is 0 Å². The molecule has 1 rings (SSSR count). The summed E-state index contributed by atoms with van der Waals surface area (Å²) < 4.78 is 10.4. The third-order valence-corrected chi connectivity index (χ3v) is 2.77. The summed E-state index contributed by atoms with van der Waals surface area (Å²) in [6.07, 6.45) is 3.01. The molecule has 0 aromatic carbocycles. The van der Waals surface area contributed by atoms with Crippen molar-refractivity contribution in [2.24, 2.45) is 10.8 Å². The maximum Gasteiger partial charge on any atom is 0.206 e. The predicted octanol–water partition coefficient (Wildman–Crippen LogP) is 0.000900. The highest BCUT2D eigenvalue weighted by molar-refractivity contribution is 5.79. The van der Waals surface area contributed by atoms with E-state index < -0.39 is 0 Å². The van der Waals surface area contributed by atoms with Crippen molar-refractivity contribution >= 4 is 5.96 Å². The Labute approximate surface area is 103 Å². The van der Waals surface area contributed by atoms with Gasteiger partial charge in [-0.1, -0.05) is 0 Å². The first-order valence-corrected chi connectivity index (χ1v) is 6.06. The highest BCUT2D eigenvalue weighted by atomic mass is 16.5. The van der Waals surface area contributed by atoms with Gasteiger partial charge in [0.2, 0.25) is 5.96 Å². The maximum atomic E-state index is 5.47. The van der Waals surface area contributed by atoms with E-state index in [2.05, 4.69) is 22.7 Å². The number of ether oxygens (including phenoxy) is 2. The van der Waals surface area contributed by atoms with Crippen LogP contribution in [0.5, 0.6) is 0 Å². The second-order valence-corrected chi connectivity index (χ2v) is 4.56. The topological polar surface area (TPSA) is 80.9 Å². The van der Waals surface area contributed by atoms with Gasteiger partial charge >= 0.3 is 0 Å². The summed E-state index contributed by atoms with van der Waals surface area (Å²) in [5, 5.41) is 3.31. The molecule has 1 saturated heterocycles. The Morgan fingerprint density at radius 3 is 3.00 bits per heavy atom. The molecule has 0 aliphatic carbocycles. The van der Waals surface area contributed by atoms with Gasteiger partial charge < -0.3 is 14.8 Å². The minimum absolute atomic E-state index is 0.0787. The van der Waals surface area contributed by atoms with Gasteiger partial charge in [0, 0.05) is 26.9 Å². The van der Waals surface area contributed by atoms with Crippen molar-refractivity contribution < 1.29 is 9.47 Å². The molecule has 0 bridgehead atoms. The van der Waals surface area contributed by atoms with Crippen molar-refractivity contribution in [2.45, 2.75) is 31.7 Å². The zero-order chi connectivity index (χ0) is 12.6. The predicted molar refractivity (Wildman–Crippen MR) is 67.7 cm³/mol. The van der Waals surface area contributed by atoms with E-state index in [4.69, 9.17) is 15.3 Å². The van der Waals surface area contributed by atoms with Crippen LogP contribution in [0.2, 0.25) is 0 Å². The standard InChI is InChI=1S/C11H24N4O2/c1-11(5-3-8-17-9-11)14-10(15-12)13-6-4-7-16-2/h3-9,12H2,1-2H3,(H2,13,14,15). The van der Waals surface area contributed by atoms with Crippen LogP contribution in [0, 0.1) is 0 Å². The van der Waals surface area contributed by atoms with Crippen LogP contribution >= 0.6 is 0 Å². The Hall–Kier alpha value is -0.850. The summed E-state index contributed by atoms with van der Waals surface area (Å²) in [5.74, 6) is 6.07. The highest BCUT2D eigenvalue weighted by Crippen LogP contribution is 2.17. The van der Waals surface area contributed by atoms with Crippen LogP contribution < -0.4 is 16.6 Å². The van der Waals surface area contributed by atoms with Crippen LogP contribution in [0.25, 0.3) is 0 Å². The SMILES string of the molecule is COCCCN=C(NN)NC1(C)CCCOC1. The van der Waals surface area contributed by atoms with E-state index in [9.17, 15) is 0 Å². The third-order valence-electron chi connectivity index (χ3n) is 2.77. The molecule has 0 aromatic heterocycles. The van der Waals surface area contributed by atoms with E-state index in [1.54, 1.807) is 7.11 Å². The van der Waals surface area contributed by atoms with Gasteiger partial charge in [-0.05, 0) is 26.2 Å². The fraction of sp³-hybridized carbons (Fsp3) is 0.909. The minimum Gasteiger partial charge on any atom is -0.385 e. The quantitative estimate of drug-likeness (QED) is 0.208. The monoisotopic (exact) mass is 244 g/mol. The summed E-state index contributed by atoms with van der Waals surface area (Å²) in [4.78, 5) is 4.35. The average Bonchev–Trinajstić information content (AvgIpc) is 2.34. The lowest BCUT2D eigenvalue weighted by Gasteiger charge is -2.35. The van der Waals surface area contributed by atoms with Gasteiger partial charge in [-0.25, -0.2) is 5.84 Å².